The zero-order valence-corrected chi connectivity index (χ0v) is 14.9. The number of rotatable bonds is 6. The van der Waals surface area contributed by atoms with Gasteiger partial charge in [-0.3, -0.25) is 9.78 Å². The maximum absolute atomic E-state index is 12.4. The summed E-state index contributed by atoms with van der Waals surface area (Å²) in [6.45, 7) is 3.84. The lowest BCUT2D eigenvalue weighted by molar-refractivity contribution is 0.0526. The van der Waals surface area contributed by atoms with Crippen LogP contribution in [0, 0.1) is 6.92 Å². The molecular formula is C19H18N4O4. The van der Waals surface area contributed by atoms with Crippen molar-refractivity contribution in [1.82, 2.24) is 10.1 Å². The molecule has 8 heteroatoms. The summed E-state index contributed by atoms with van der Waals surface area (Å²) in [6, 6.07) is 11.5. The van der Waals surface area contributed by atoms with Crippen molar-refractivity contribution in [1.29, 1.82) is 0 Å². The SMILES string of the molecule is CCOC(=O)c1ccc(NC(=O)c2cc(Nc3cc(C)on3)ccn2)cc1. The third-order valence-corrected chi connectivity index (χ3v) is 3.55. The molecule has 2 N–H and O–H groups in total. The van der Waals surface area contributed by atoms with Gasteiger partial charge >= 0.3 is 5.97 Å². The molecule has 2 heterocycles. The minimum Gasteiger partial charge on any atom is -0.462 e. The van der Waals surface area contributed by atoms with E-state index >= 15 is 0 Å². The molecule has 0 aliphatic heterocycles. The Hall–Kier alpha value is -3.68. The standard InChI is InChI=1S/C19H18N4O4/c1-3-26-19(25)13-4-6-14(7-5-13)22-18(24)16-11-15(8-9-20-16)21-17-10-12(2)27-23-17/h4-11H,3H2,1-2H3,(H,22,24)(H,20,21,23). The molecule has 8 nitrogen and oxygen atoms in total. The van der Waals surface area contributed by atoms with Crippen molar-refractivity contribution in [2.24, 2.45) is 0 Å². The second-order valence-corrected chi connectivity index (χ2v) is 5.63. The lowest BCUT2D eigenvalue weighted by atomic mass is 10.2. The molecule has 0 aliphatic carbocycles. The van der Waals surface area contributed by atoms with Crippen LogP contribution in [-0.2, 0) is 4.74 Å². The third kappa shape index (κ3) is 4.69. The highest BCUT2D eigenvalue weighted by Gasteiger charge is 2.11. The lowest BCUT2D eigenvalue weighted by Crippen LogP contribution is -2.14. The Morgan fingerprint density at radius 3 is 2.56 bits per heavy atom. The maximum Gasteiger partial charge on any atom is 0.338 e. The van der Waals surface area contributed by atoms with Gasteiger partial charge < -0.3 is 19.9 Å². The van der Waals surface area contributed by atoms with Crippen LogP contribution in [0.4, 0.5) is 17.2 Å². The fourth-order valence-electron chi connectivity index (χ4n) is 2.30. The number of amides is 1. The Balaban J connectivity index is 1.67. The van der Waals surface area contributed by atoms with E-state index in [0.29, 0.717) is 35.1 Å². The summed E-state index contributed by atoms with van der Waals surface area (Å²) in [7, 11) is 0. The topological polar surface area (TPSA) is 106 Å². The highest BCUT2D eigenvalue weighted by molar-refractivity contribution is 6.03. The molecule has 1 aromatic carbocycles. The quantitative estimate of drug-likeness (QED) is 0.643. The van der Waals surface area contributed by atoms with E-state index in [-0.39, 0.29) is 11.6 Å². The molecule has 1 amide bonds. The summed E-state index contributed by atoms with van der Waals surface area (Å²) in [5.74, 6) is 0.438. The Morgan fingerprint density at radius 2 is 1.89 bits per heavy atom. The van der Waals surface area contributed by atoms with Gasteiger partial charge in [0.2, 0.25) is 0 Å². The first-order chi connectivity index (χ1) is 13.0. The van der Waals surface area contributed by atoms with E-state index in [0.717, 1.165) is 0 Å². The van der Waals surface area contributed by atoms with Crippen molar-refractivity contribution in [2.75, 3.05) is 17.2 Å². The number of hydrogen-bond donors (Lipinski definition) is 2. The summed E-state index contributed by atoms with van der Waals surface area (Å²) >= 11 is 0. The molecule has 3 aromatic rings. The number of anilines is 3. The Kier molecular flexibility index (Phi) is 5.46. The van der Waals surface area contributed by atoms with Crippen molar-refractivity contribution in [3.63, 3.8) is 0 Å². The molecule has 0 spiro atoms. The van der Waals surface area contributed by atoms with Gasteiger partial charge in [0.05, 0.1) is 12.2 Å². The number of carbonyl (C=O) groups is 2. The normalized spacial score (nSPS) is 10.3. The van der Waals surface area contributed by atoms with Crippen LogP contribution >= 0.6 is 0 Å². The molecule has 0 saturated carbocycles. The fourth-order valence-corrected chi connectivity index (χ4v) is 2.30. The number of aromatic nitrogens is 2. The zero-order valence-electron chi connectivity index (χ0n) is 14.9. The second-order valence-electron chi connectivity index (χ2n) is 5.63. The average molecular weight is 366 g/mol. The van der Waals surface area contributed by atoms with Crippen LogP contribution in [0.5, 0.6) is 0 Å². The smallest absolute Gasteiger partial charge is 0.338 e. The van der Waals surface area contributed by atoms with E-state index in [1.807, 2.05) is 0 Å². The molecule has 0 radical (unpaired) electrons. The van der Waals surface area contributed by atoms with Gasteiger partial charge in [-0.05, 0) is 50.2 Å². The average Bonchev–Trinajstić information content (AvgIpc) is 3.07. The Labute approximate surface area is 155 Å². The summed E-state index contributed by atoms with van der Waals surface area (Å²) < 4.78 is 9.92. The zero-order chi connectivity index (χ0) is 19.2. The van der Waals surface area contributed by atoms with Crippen LogP contribution in [0.15, 0.2) is 53.2 Å². The number of benzene rings is 1. The first kappa shape index (κ1) is 18.1. The van der Waals surface area contributed by atoms with Crippen molar-refractivity contribution in [2.45, 2.75) is 13.8 Å². The van der Waals surface area contributed by atoms with E-state index < -0.39 is 5.97 Å². The molecule has 0 saturated heterocycles. The number of aryl methyl sites for hydroxylation is 1. The molecule has 0 unspecified atom stereocenters. The molecule has 0 atom stereocenters. The van der Waals surface area contributed by atoms with Crippen LogP contribution in [0.3, 0.4) is 0 Å². The molecule has 27 heavy (non-hydrogen) atoms. The molecule has 138 valence electrons. The lowest BCUT2D eigenvalue weighted by Gasteiger charge is -2.07. The van der Waals surface area contributed by atoms with Gasteiger partial charge in [-0.25, -0.2) is 4.79 Å². The van der Waals surface area contributed by atoms with Crippen molar-refractivity contribution >= 4 is 29.1 Å². The Bertz CT molecular complexity index is 950. The molecule has 0 aliphatic rings. The molecule has 0 bridgehead atoms. The molecule has 2 aromatic heterocycles. The van der Waals surface area contributed by atoms with Gasteiger partial charge in [-0.15, -0.1) is 0 Å². The number of hydrogen-bond acceptors (Lipinski definition) is 7. The number of ether oxygens (including phenoxy) is 1. The van der Waals surface area contributed by atoms with Gasteiger partial charge in [0, 0.05) is 23.6 Å². The summed E-state index contributed by atoms with van der Waals surface area (Å²) in [5.41, 5.74) is 1.85. The number of esters is 1. The first-order valence-corrected chi connectivity index (χ1v) is 8.30. The van der Waals surface area contributed by atoms with Crippen LogP contribution in [0.25, 0.3) is 0 Å². The van der Waals surface area contributed by atoms with Crippen LogP contribution in [0.1, 0.15) is 33.5 Å². The first-order valence-electron chi connectivity index (χ1n) is 8.30. The monoisotopic (exact) mass is 366 g/mol. The Morgan fingerprint density at radius 1 is 1.11 bits per heavy atom. The number of nitrogens with zero attached hydrogens (tertiary/aromatic N) is 2. The summed E-state index contributed by atoms with van der Waals surface area (Å²) in [4.78, 5) is 28.1. The van der Waals surface area contributed by atoms with Crippen molar-refractivity contribution < 1.29 is 18.8 Å². The van der Waals surface area contributed by atoms with Gasteiger partial charge in [-0.2, -0.15) is 0 Å². The molecule has 3 rings (SSSR count). The van der Waals surface area contributed by atoms with Crippen molar-refractivity contribution in [3.8, 4) is 0 Å². The van der Waals surface area contributed by atoms with Crippen LogP contribution in [-0.4, -0.2) is 28.6 Å². The fraction of sp³-hybridized carbons (Fsp3) is 0.158. The predicted molar refractivity (Wildman–Crippen MR) is 99.1 cm³/mol. The summed E-state index contributed by atoms with van der Waals surface area (Å²) in [5, 5.41) is 9.62. The molecular weight excluding hydrogens is 348 g/mol. The van der Waals surface area contributed by atoms with Gasteiger partial charge in [0.1, 0.15) is 11.5 Å². The third-order valence-electron chi connectivity index (χ3n) is 3.55. The predicted octanol–water partition coefficient (Wildman–Crippen LogP) is 3.55. The van der Waals surface area contributed by atoms with Crippen LogP contribution < -0.4 is 10.6 Å². The maximum atomic E-state index is 12.4. The number of pyridine rings is 1. The summed E-state index contributed by atoms with van der Waals surface area (Å²) in [6.07, 6.45) is 1.52. The van der Waals surface area contributed by atoms with Crippen molar-refractivity contribution in [3.05, 3.63) is 65.7 Å². The second kappa shape index (κ2) is 8.13. The number of carbonyl (C=O) groups excluding carboxylic acids is 2. The van der Waals surface area contributed by atoms with Gasteiger partial charge in [-0.1, -0.05) is 5.16 Å². The van der Waals surface area contributed by atoms with E-state index in [1.54, 1.807) is 56.3 Å². The van der Waals surface area contributed by atoms with E-state index in [9.17, 15) is 9.59 Å². The minimum atomic E-state index is -0.404. The van der Waals surface area contributed by atoms with E-state index in [2.05, 4.69) is 20.8 Å². The highest BCUT2D eigenvalue weighted by Crippen LogP contribution is 2.17. The molecule has 0 fully saturated rings. The minimum absolute atomic E-state index is 0.231. The van der Waals surface area contributed by atoms with E-state index in [4.69, 9.17) is 9.26 Å². The largest absolute Gasteiger partial charge is 0.462 e. The number of nitrogens with one attached hydrogen (secondary N) is 2. The van der Waals surface area contributed by atoms with Crippen LogP contribution in [0.2, 0.25) is 0 Å². The van der Waals surface area contributed by atoms with Gasteiger partial charge in [0.25, 0.3) is 5.91 Å². The highest BCUT2D eigenvalue weighted by atomic mass is 16.5. The van der Waals surface area contributed by atoms with E-state index in [1.165, 1.54) is 6.20 Å². The van der Waals surface area contributed by atoms with Gasteiger partial charge in [0.15, 0.2) is 5.82 Å².